The average Bonchev–Trinajstić information content (AvgIpc) is 2.33. The normalized spacial score (nSPS) is 5.35. The Bertz CT molecular complexity index is 198. The van der Waals surface area contributed by atoms with Gasteiger partial charge in [-0.1, -0.05) is 28.7 Å². The molecule has 0 bridgehead atoms. The maximum absolute atomic E-state index is 9.44. The van der Waals surface area contributed by atoms with Crippen LogP contribution < -0.4 is 22.5 Å². The van der Waals surface area contributed by atoms with Crippen LogP contribution in [-0.2, 0) is 4.79 Å². The smallest absolute Gasteiger partial charge is 0.126 e. The summed E-state index contributed by atoms with van der Waals surface area (Å²) in [4.78, 5) is 13.0. The van der Waals surface area contributed by atoms with Gasteiger partial charge in [0.15, 0.2) is 0 Å². The van der Waals surface area contributed by atoms with Gasteiger partial charge in [0.25, 0.3) is 0 Å². The molecule has 0 saturated carbocycles. The summed E-state index contributed by atoms with van der Waals surface area (Å²) in [7, 11) is 3.31. The van der Waals surface area contributed by atoms with E-state index in [1.165, 1.54) is 20.1 Å². The zero-order chi connectivity index (χ0) is 18.7. The second-order valence-corrected chi connectivity index (χ2v) is 2.98. The molecule has 0 unspecified atom stereocenters. The minimum atomic E-state index is 0. The van der Waals surface area contributed by atoms with E-state index in [1.54, 1.807) is 21.0 Å². The number of nitrogens with two attached hydrogens (primary N) is 2. The van der Waals surface area contributed by atoms with E-state index in [4.69, 9.17) is 10.8 Å². The van der Waals surface area contributed by atoms with Crippen LogP contribution in [0.1, 0.15) is 63.3 Å². The number of Topliss-reactive ketones (excluding diaryl/α,β-unsaturated/α-hetero) is 1. The number of ketones is 1. The minimum Gasteiger partial charge on any atom is -0.313 e. The molecule has 0 aromatic rings. The maximum Gasteiger partial charge on any atom is 0.126 e. The Hall–Kier alpha value is -1.48. The molecule has 0 aliphatic rings. The Morgan fingerprint density at radius 3 is 1.09 bits per heavy atom. The lowest BCUT2D eigenvalue weighted by atomic mass is 10.5. The van der Waals surface area contributed by atoms with Gasteiger partial charge in [-0.25, -0.2) is 4.99 Å². The van der Waals surface area contributed by atoms with Crippen molar-refractivity contribution in [2.24, 2.45) is 16.7 Å². The number of hydrogen-bond donors (Lipinski definition) is 6. The molecule has 0 amide bonds. The van der Waals surface area contributed by atoms with E-state index >= 15 is 0 Å². The molecule has 0 saturated heterocycles. The fourth-order valence-electron chi connectivity index (χ4n) is 0.129. The first-order valence-electron chi connectivity index (χ1n) is 6.42. The Labute approximate surface area is 145 Å². The van der Waals surface area contributed by atoms with Crippen LogP contribution in [0.25, 0.3) is 0 Å². The molecule has 0 aromatic carbocycles. The molecule has 8 heteroatoms. The van der Waals surface area contributed by atoms with Crippen LogP contribution in [0.15, 0.2) is 4.99 Å². The van der Waals surface area contributed by atoms with E-state index in [-0.39, 0.29) is 20.6 Å². The van der Waals surface area contributed by atoms with Gasteiger partial charge in [-0.3, -0.25) is 27.9 Å². The topological polar surface area (TPSA) is 153 Å². The largest absolute Gasteiger partial charge is 0.313 e. The van der Waals surface area contributed by atoms with E-state index < -0.39 is 0 Å². The molecule has 146 valence electrons. The van der Waals surface area contributed by atoms with E-state index in [0.717, 1.165) is 12.1 Å². The van der Waals surface area contributed by atoms with Gasteiger partial charge in [-0.05, 0) is 54.9 Å². The minimum absolute atomic E-state index is 0. The molecular formula is C15H45N7O. The third-order valence-corrected chi connectivity index (χ3v) is 0.323. The zero-order valence-corrected chi connectivity index (χ0v) is 15.2. The maximum atomic E-state index is 9.44. The lowest BCUT2D eigenvalue weighted by molar-refractivity contribution is -0.114. The van der Waals surface area contributed by atoms with Gasteiger partial charge in [0.2, 0.25) is 0 Å². The van der Waals surface area contributed by atoms with Gasteiger partial charge in [-0.15, -0.1) is 0 Å². The summed E-state index contributed by atoms with van der Waals surface area (Å²) in [6, 6.07) is 0. The lowest BCUT2D eigenvalue weighted by Crippen LogP contribution is -2.13. The van der Waals surface area contributed by atoms with Crippen molar-refractivity contribution in [2.75, 3.05) is 14.1 Å². The van der Waals surface area contributed by atoms with Crippen LogP contribution in [0.5, 0.6) is 0 Å². The summed E-state index contributed by atoms with van der Waals surface area (Å²) in [5.41, 5.74) is 5.42. The second-order valence-electron chi connectivity index (χ2n) is 2.98. The third-order valence-electron chi connectivity index (χ3n) is 0.323. The van der Waals surface area contributed by atoms with Crippen LogP contribution in [0.3, 0.4) is 0 Å². The highest BCUT2D eigenvalue weighted by molar-refractivity contribution is 5.85. The first kappa shape index (κ1) is 49.6. The summed E-state index contributed by atoms with van der Waals surface area (Å²) in [5.74, 6) is 9.36. The number of carbonyl (C=O) groups excluding carboxylic acids is 1. The molecule has 0 fully saturated rings. The van der Waals surface area contributed by atoms with Crippen molar-refractivity contribution < 1.29 is 4.79 Å². The van der Waals surface area contributed by atoms with Crippen molar-refractivity contribution >= 4 is 24.0 Å². The standard InChI is InChI=1S/C4H8N2.C3H6O.C2H5N.C2H6.2CH6N2.2CH4/c1-4(2)6-3-5;1-3(2)4;1-2-3;1-2;2*1-3-2;;/h3,5H,1-2H3;1-2H3;2-3H,1H3;1-2H3;2*3H,2H2,1H3;2*1H4. The molecule has 23 heavy (non-hydrogen) atoms. The van der Waals surface area contributed by atoms with Crippen molar-refractivity contribution in [3.05, 3.63) is 0 Å². The van der Waals surface area contributed by atoms with E-state index in [2.05, 4.69) is 27.5 Å². The Morgan fingerprint density at radius 1 is 0.957 bits per heavy atom. The zero-order valence-electron chi connectivity index (χ0n) is 15.2. The van der Waals surface area contributed by atoms with Crippen LogP contribution in [0.4, 0.5) is 0 Å². The van der Waals surface area contributed by atoms with Crippen LogP contribution in [0, 0.1) is 10.8 Å². The van der Waals surface area contributed by atoms with Gasteiger partial charge >= 0.3 is 0 Å². The molecule has 0 rings (SSSR count). The monoisotopic (exact) mass is 339 g/mol. The van der Waals surface area contributed by atoms with Gasteiger partial charge in [0.1, 0.15) is 12.1 Å². The fourth-order valence-corrected chi connectivity index (χ4v) is 0.129. The predicted octanol–water partition coefficient (Wildman–Crippen LogP) is 2.78. The summed E-state index contributed by atoms with van der Waals surface area (Å²) in [6.45, 7) is 12.4. The Balaban J connectivity index is -0.0000000200. The SMILES string of the molecule is C.C.CC.CC(C)=NC=N.CC(C)=O.CC=N.CNN.CNN. The summed E-state index contributed by atoms with van der Waals surface area (Å²) < 4.78 is 0. The molecule has 0 aliphatic heterocycles. The van der Waals surface area contributed by atoms with Crippen molar-refractivity contribution in [3.8, 4) is 0 Å². The molecule has 8 N–H and O–H groups in total. The fraction of sp³-hybridized carbons (Fsp3) is 0.733. The lowest BCUT2D eigenvalue weighted by Gasteiger charge is -1.75. The van der Waals surface area contributed by atoms with Gasteiger partial charge in [0, 0.05) is 5.71 Å². The van der Waals surface area contributed by atoms with Crippen molar-refractivity contribution in [1.29, 1.82) is 10.8 Å². The van der Waals surface area contributed by atoms with E-state index in [9.17, 15) is 4.79 Å². The van der Waals surface area contributed by atoms with Crippen LogP contribution in [0.2, 0.25) is 0 Å². The molecule has 8 nitrogen and oxygen atoms in total. The average molecular weight is 340 g/mol. The van der Waals surface area contributed by atoms with Gasteiger partial charge < -0.3 is 10.2 Å². The number of rotatable bonds is 1. The predicted molar refractivity (Wildman–Crippen MR) is 110 cm³/mol. The molecule has 0 aliphatic carbocycles. The molecular weight excluding hydrogens is 294 g/mol. The number of hydrogen-bond acceptors (Lipinski definition) is 7. The van der Waals surface area contributed by atoms with E-state index in [0.29, 0.717) is 0 Å². The molecule has 0 heterocycles. The first-order valence-corrected chi connectivity index (χ1v) is 6.42. The van der Waals surface area contributed by atoms with Crippen LogP contribution >= 0.6 is 0 Å². The quantitative estimate of drug-likeness (QED) is 0.188. The summed E-state index contributed by atoms with van der Waals surface area (Å²) in [5, 5.41) is 12.5. The molecule has 0 radical (unpaired) electrons. The summed E-state index contributed by atoms with van der Waals surface area (Å²) >= 11 is 0. The summed E-state index contributed by atoms with van der Waals surface area (Å²) in [6.07, 6.45) is 2.29. The Morgan fingerprint density at radius 2 is 1.09 bits per heavy atom. The number of hydrazine groups is 2. The highest BCUT2D eigenvalue weighted by atomic mass is 16.1. The number of carbonyl (C=O) groups is 1. The van der Waals surface area contributed by atoms with Gasteiger partial charge in [-0.2, -0.15) is 0 Å². The van der Waals surface area contributed by atoms with E-state index in [1.807, 2.05) is 27.7 Å². The highest BCUT2D eigenvalue weighted by Crippen LogP contribution is 1.65. The number of nitrogens with one attached hydrogen (secondary N) is 4. The number of aliphatic imine (C=N–C) groups is 1. The van der Waals surface area contributed by atoms with Crippen molar-refractivity contribution in [3.63, 3.8) is 0 Å². The first-order chi connectivity index (χ1) is 9.74. The number of nitrogens with zero attached hydrogens (tertiary/aromatic N) is 1. The molecule has 0 aromatic heterocycles. The Kier molecular flexibility index (Phi) is 186. The highest BCUT2D eigenvalue weighted by Gasteiger charge is 1.65. The second kappa shape index (κ2) is 86.3. The molecule has 0 atom stereocenters. The van der Waals surface area contributed by atoms with Crippen molar-refractivity contribution in [1.82, 2.24) is 10.9 Å². The van der Waals surface area contributed by atoms with Crippen LogP contribution in [-0.4, -0.2) is 38.1 Å². The van der Waals surface area contributed by atoms with Crippen molar-refractivity contribution in [2.45, 2.75) is 63.3 Å². The molecule has 0 spiro atoms. The van der Waals surface area contributed by atoms with Gasteiger partial charge in [0.05, 0.1) is 0 Å². The third kappa shape index (κ3) is 3050.